The summed E-state index contributed by atoms with van der Waals surface area (Å²) in [6, 6.07) is 10.0. The zero-order valence-corrected chi connectivity index (χ0v) is 12.1. The number of pyridine rings is 1. The summed E-state index contributed by atoms with van der Waals surface area (Å²) < 4.78 is 10.9. The molecule has 0 aliphatic carbocycles. The van der Waals surface area contributed by atoms with Crippen LogP contribution in [0.2, 0.25) is 0 Å². The van der Waals surface area contributed by atoms with Crippen molar-refractivity contribution in [1.82, 2.24) is 4.98 Å². The third-order valence-corrected chi connectivity index (χ3v) is 3.03. The highest BCUT2D eigenvalue weighted by molar-refractivity contribution is 5.55. The first-order valence-corrected chi connectivity index (χ1v) is 6.72. The van der Waals surface area contributed by atoms with Crippen LogP contribution >= 0.6 is 0 Å². The summed E-state index contributed by atoms with van der Waals surface area (Å²) in [7, 11) is 1.64. The van der Waals surface area contributed by atoms with E-state index in [-0.39, 0.29) is 6.04 Å². The van der Waals surface area contributed by atoms with Gasteiger partial charge in [0.1, 0.15) is 0 Å². The average Bonchev–Trinajstić information content (AvgIpc) is 2.49. The van der Waals surface area contributed by atoms with Crippen molar-refractivity contribution in [2.24, 2.45) is 0 Å². The third-order valence-electron chi connectivity index (χ3n) is 3.03. The molecule has 1 N–H and O–H groups in total. The van der Waals surface area contributed by atoms with Crippen LogP contribution in [-0.4, -0.2) is 18.7 Å². The molecular weight excluding hydrogens is 252 g/mol. The quantitative estimate of drug-likeness (QED) is 0.871. The molecule has 0 spiro atoms. The van der Waals surface area contributed by atoms with E-state index < -0.39 is 0 Å². The molecule has 4 nitrogen and oxygen atoms in total. The van der Waals surface area contributed by atoms with E-state index in [1.807, 2.05) is 37.4 Å². The first kappa shape index (κ1) is 14.2. The Hall–Kier alpha value is -2.23. The van der Waals surface area contributed by atoms with E-state index in [1.54, 1.807) is 13.3 Å². The topological polar surface area (TPSA) is 43.4 Å². The number of aromatic nitrogens is 1. The van der Waals surface area contributed by atoms with Crippen LogP contribution < -0.4 is 14.8 Å². The summed E-state index contributed by atoms with van der Waals surface area (Å²) in [5, 5.41) is 3.43. The van der Waals surface area contributed by atoms with Crippen molar-refractivity contribution < 1.29 is 9.47 Å². The highest BCUT2D eigenvalue weighted by Crippen LogP contribution is 2.31. The number of benzene rings is 1. The lowest BCUT2D eigenvalue weighted by Gasteiger charge is -2.17. The number of hydrogen-bond donors (Lipinski definition) is 1. The summed E-state index contributed by atoms with van der Waals surface area (Å²) in [6.45, 7) is 4.66. The molecule has 1 atom stereocenters. The first-order valence-electron chi connectivity index (χ1n) is 6.72. The minimum atomic E-state index is 0.173. The van der Waals surface area contributed by atoms with Crippen molar-refractivity contribution in [2.75, 3.05) is 19.0 Å². The number of hydrogen-bond acceptors (Lipinski definition) is 4. The zero-order valence-electron chi connectivity index (χ0n) is 12.1. The Morgan fingerprint density at radius 3 is 2.75 bits per heavy atom. The molecule has 0 fully saturated rings. The van der Waals surface area contributed by atoms with Gasteiger partial charge in [-0.3, -0.25) is 4.98 Å². The molecule has 20 heavy (non-hydrogen) atoms. The van der Waals surface area contributed by atoms with Gasteiger partial charge in [0.05, 0.1) is 19.8 Å². The predicted molar refractivity (Wildman–Crippen MR) is 80.4 cm³/mol. The molecule has 1 aromatic heterocycles. The molecule has 2 rings (SSSR count). The van der Waals surface area contributed by atoms with Crippen LogP contribution in [0.3, 0.4) is 0 Å². The van der Waals surface area contributed by atoms with Crippen molar-refractivity contribution in [2.45, 2.75) is 19.9 Å². The number of methoxy groups -OCH3 is 1. The Morgan fingerprint density at radius 2 is 2.10 bits per heavy atom. The summed E-state index contributed by atoms with van der Waals surface area (Å²) in [4.78, 5) is 4.14. The van der Waals surface area contributed by atoms with Gasteiger partial charge in [-0.15, -0.1) is 0 Å². The molecule has 1 aromatic carbocycles. The Labute approximate surface area is 119 Å². The van der Waals surface area contributed by atoms with Crippen LogP contribution in [0.15, 0.2) is 42.7 Å². The second-order valence-corrected chi connectivity index (χ2v) is 4.45. The monoisotopic (exact) mass is 272 g/mol. The van der Waals surface area contributed by atoms with E-state index in [4.69, 9.17) is 9.47 Å². The molecule has 0 aliphatic rings. The van der Waals surface area contributed by atoms with Gasteiger partial charge in [0.15, 0.2) is 11.5 Å². The summed E-state index contributed by atoms with van der Waals surface area (Å²) >= 11 is 0. The molecule has 106 valence electrons. The maximum atomic E-state index is 5.58. The lowest BCUT2D eigenvalue weighted by Crippen LogP contribution is -2.07. The highest BCUT2D eigenvalue weighted by Gasteiger charge is 2.09. The van der Waals surface area contributed by atoms with Crippen LogP contribution in [0.25, 0.3) is 0 Å². The SMILES string of the molecule is CCOc1cc(NC(C)c2cccnc2)ccc1OC. The maximum Gasteiger partial charge on any atom is 0.163 e. The molecule has 1 unspecified atom stereocenters. The zero-order chi connectivity index (χ0) is 14.4. The Bertz CT molecular complexity index is 543. The van der Waals surface area contributed by atoms with Crippen LogP contribution in [0.1, 0.15) is 25.5 Å². The Balaban J connectivity index is 2.15. The van der Waals surface area contributed by atoms with Crippen molar-refractivity contribution in [3.63, 3.8) is 0 Å². The first-order chi connectivity index (χ1) is 9.74. The standard InChI is InChI=1S/C16H20N2O2/c1-4-20-16-10-14(7-8-15(16)19-3)18-12(2)13-6-5-9-17-11-13/h5-12,18H,4H2,1-3H3. The second kappa shape index (κ2) is 6.80. The van der Waals surface area contributed by atoms with Crippen LogP contribution in [0, 0.1) is 0 Å². The molecule has 0 radical (unpaired) electrons. The summed E-state index contributed by atoms with van der Waals surface area (Å²) in [5.74, 6) is 1.49. The van der Waals surface area contributed by atoms with Gasteiger partial charge < -0.3 is 14.8 Å². The second-order valence-electron chi connectivity index (χ2n) is 4.45. The number of nitrogens with zero attached hydrogens (tertiary/aromatic N) is 1. The molecule has 0 amide bonds. The van der Waals surface area contributed by atoms with Gasteiger partial charge >= 0.3 is 0 Å². The van der Waals surface area contributed by atoms with Crippen molar-refractivity contribution in [1.29, 1.82) is 0 Å². The molecule has 0 saturated carbocycles. The van der Waals surface area contributed by atoms with Gasteiger partial charge in [0, 0.05) is 24.1 Å². The summed E-state index contributed by atoms with van der Waals surface area (Å²) in [6.07, 6.45) is 3.64. The van der Waals surface area contributed by atoms with Crippen LogP contribution in [0.5, 0.6) is 11.5 Å². The molecule has 0 saturated heterocycles. The predicted octanol–water partition coefficient (Wildman–Crippen LogP) is 3.66. The third kappa shape index (κ3) is 3.41. The van der Waals surface area contributed by atoms with Crippen molar-refractivity contribution >= 4 is 5.69 Å². The normalized spacial score (nSPS) is 11.8. The van der Waals surface area contributed by atoms with Crippen molar-refractivity contribution in [3.8, 4) is 11.5 Å². The Kier molecular flexibility index (Phi) is 4.82. The van der Waals surface area contributed by atoms with Gasteiger partial charge in [-0.05, 0) is 37.6 Å². The van der Waals surface area contributed by atoms with Crippen LogP contribution in [-0.2, 0) is 0 Å². The van der Waals surface area contributed by atoms with Crippen LogP contribution in [0.4, 0.5) is 5.69 Å². The van der Waals surface area contributed by atoms with Gasteiger partial charge in [0.25, 0.3) is 0 Å². The van der Waals surface area contributed by atoms with Gasteiger partial charge in [0.2, 0.25) is 0 Å². The molecule has 2 aromatic rings. The number of anilines is 1. The Morgan fingerprint density at radius 1 is 1.25 bits per heavy atom. The number of ether oxygens (including phenoxy) is 2. The fourth-order valence-electron chi connectivity index (χ4n) is 2.00. The van der Waals surface area contributed by atoms with Gasteiger partial charge in [-0.2, -0.15) is 0 Å². The summed E-state index contributed by atoms with van der Waals surface area (Å²) in [5.41, 5.74) is 2.13. The van der Waals surface area contributed by atoms with E-state index in [1.165, 1.54) is 0 Å². The van der Waals surface area contributed by atoms with E-state index in [9.17, 15) is 0 Å². The fourth-order valence-corrected chi connectivity index (χ4v) is 2.00. The number of nitrogens with one attached hydrogen (secondary N) is 1. The molecule has 0 aliphatic heterocycles. The largest absolute Gasteiger partial charge is 0.493 e. The average molecular weight is 272 g/mol. The smallest absolute Gasteiger partial charge is 0.163 e. The lowest BCUT2D eigenvalue weighted by atomic mass is 10.1. The van der Waals surface area contributed by atoms with E-state index >= 15 is 0 Å². The van der Waals surface area contributed by atoms with E-state index in [0.29, 0.717) is 6.61 Å². The van der Waals surface area contributed by atoms with Gasteiger partial charge in [-0.1, -0.05) is 6.07 Å². The molecule has 0 bridgehead atoms. The molecule has 4 heteroatoms. The molecule has 1 heterocycles. The number of rotatable bonds is 6. The van der Waals surface area contributed by atoms with E-state index in [2.05, 4.69) is 23.3 Å². The maximum absolute atomic E-state index is 5.58. The van der Waals surface area contributed by atoms with E-state index in [0.717, 1.165) is 22.7 Å². The van der Waals surface area contributed by atoms with Crippen molar-refractivity contribution in [3.05, 3.63) is 48.3 Å². The fraction of sp³-hybridized carbons (Fsp3) is 0.312. The minimum absolute atomic E-state index is 0.173. The lowest BCUT2D eigenvalue weighted by molar-refractivity contribution is 0.311. The highest BCUT2D eigenvalue weighted by atomic mass is 16.5. The minimum Gasteiger partial charge on any atom is -0.493 e. The molecular formula is C16H20N2O2. The van der Waals surface area contributed by atoms with Gasteiger partial charge in [-0.25, -0.2) is 0 Å².